The molecule has 1 aromatic heterocycles. The van der Waals surface area contributed by atoms with Gasteiger partial charge in [-0.3, -0.25) is 0 Å². The summed E-state index contributed by atoms with van der Waals surface area (Å²) >= 11 is 6.33. The molecule has 0 amide bonds. The topological polar surface area (TPSA) is 27.8 Å². The molecule has 0 unspecified atom stereocenters. The van der Waals surface area contributed by atoms with Crippen molar-refractivity contribution < 1.29 is 0 Å². The lowest BCUT2D eigenvalue weighted by Crippen LogP contribution is -2.30. The summed E-state index contributed by atoms with van der Waals surface area (Å²) in [5, 5.41) is 5.79. The highest BCUT2D eigenvalue weighted by Crippen LogP contribution is 2.66. The summed E-state index contributed by atoms with van der Waals surface area (Å²) in [6.45, 7) is 5.89. The van der Waals surface area contributed by atoms with Gasteiger partial charge in [0.2, 0.25) is 0 Å². The first kappa shape index (κ1) is 13.7. The number of benzene rings is 1. The van der Waals surface area contributed by atoms with Crippen molar-refractivity contribution in [2.75, 3.05) is 6.54 Å². The number of aromatic amines is 1. The van der Waals surface area contributed by atoms with Crippen LogP contribution in [0.5, 0.6) is 0 Å². The lowest BCUT2D eigenvalue weighted by Gasteiger charge is -2.18. The molecule has 0 saturated heterocycles. The van der Waals surface area contributed by atoms with E-state index in [1.165, 1.54) is 23.8 Å². The Morgan fingerprint density at radius 1 is 1.29 bits per heavy atom. The van der Waals surface area contributed by atoms with Crippen LogP contribution in [0.3, 0.4) is 0 Å². The number of aromatic nitrogens is 1. The van der Waals surface area contributed by atoms with Crippen molar-refractivity contribution in [1.29, 1.82) is 0 Å². The Hall–Kier alpha value is -0.990. The molecular weight excluding hydrogens is 280 g/mol. The molecule has 2 fully saturated rings. The van der Waals surface area contributed by atoms with Crippen LogP contribution >= 0.6 is 11.6 Å². The van der Waals surface area contributed by atoms with Gasteiger partial charge < -0.3 is 10.3 Å². The van der Waals surface area contributed by atoms with Gasteiger partial charge in [0.15, 0.2) is 0 Å². The number of nitrogens with one attached hydrogen (secondary N) is 2. The number of halogens is 1. The van der Waals surface area contributed by atoms with E-state index in [-0.39, 0.29) is 0 Å². The number of fused-ring (bicyclic) bond motifs is 2. The quantitative estimate of drug-likeness (QED) is 0.861. The Labute approximate surface area is 131 Å². The fraction of sp³-hybridized carbons (Fsp3) is 0.556. The zero-order valence-corrected chi connectivity index (χ0v) is 13.5. The highest BCUT2D eigenvalue weighted by Gasteiger charge is 2.61. The summed E-state index contributed by atoms with van der Waals surface area (Å²) in [5.41, 5.74) is 3.09. The van der Waals surface area contributed by atoms with Gasteiger partial charge in [-0.2, -0.15) is 0 Å². The van der Waals surface area contributed by atoms with Gasteiger partial charge in [-0.1, -0.05) is 31.5 Å². The van der Waals surface area contributed by atoms with Gasteiger partial charge in [0.05, 0.1) is 5.02 Å². The minimum absolute atomic E-state index is 0.628. The molecule has 2 nitrogen and oxygen atoms in total. The zero-order valence-electron chi connectivity index (χ0n) is 12.7. The standard InChI is InChI=1S/C18H23ClN2/c1-18(2)13-8-12(9-14(13)18)20-7-6-11-10-21-16-5-3-4-15(19)17(11)16/h3-5,10,12-14,20-21H,6-9H2,1-2H3/t12-,13-,14+. The maximum Gasteiger partial charge on any atom is 0.0502 e. The van der Waals surface area contributed by atoms with E-state index in [9.17, 15) is 0 Å². The van der Waals surface area contributed by atoms with Gasteiger partial charge in [-0.05, 0) is 60.8 Å². The summed E-state index contributed by atoms with van der Waals surface area (Å²) in [4.78, 5) is 3.32. The van der Waals surface area contributed by atoms with Crippen LogP contribution in [0, 0.1) is 17.3 Å². The van der Waals surface area contributed by atoms with Crippen molar-refractivity contribution >= 4 is 22.5 Å². The summed E-state index contributed by atoms with van der Waals surface area (Å²) in [6, 6.07) is 6.79. The smallest absolute Gasteiger partial charge is 0.0502 e. The number of hydrogen-bond donors (Lipinski definition) is 2. The lowest BCUT2D eigenvalue weighted by molar-refractivity contribution is 0.387. The molecular formula is C18H23ClN2. The third-order valence-corrected chi connectivity index (χ3v) is 6.24. The van der Waals surface area contributed by atoms with Gasteiger partial charge in [0.1, 0.15) is 0 Å². The summed E-state index contributed by atoms with van der Waals surface area (Å²) < 4.78 is 0. The van der Waals surface area contributed by atoms with E-state index in [1.807, 2.05) is 12.1 Å². The van der Waals surface area contributed by atoms with E-state index in [4.69, 9.17) is 11.6 Å². The van der Waals surface area contributed by atoms with Crippen molar-refractivity contribution in [1.82, 2.24) is 10.3 Å². The normalized spacial score (nSPS) is 29.8. The van der Waals surface area contributed by atoms with Crippen LogP contribution in [-0.2, 0) is 6.42 Å². The van der Waals surface area contributed by atoms with Crippen LogP contribution < -0.4 is 5.32 Å². The van der Waals surface area contributed by atoms with Gasteiger partial charge in [-0.15, -0.1) is 0 Å². The van der Waals surface area contributed by atoms with Crippen LogP contribution in [-0.4, -0.2) is 17.6 Å². The van der Waals surface area contributed by atoms with E-state index >= 15 is 0 Å². The largest absolute Gasteiger partial charge is 0.361 e. The predicted molar refractivity (Wildman–Crippen MR) is 88.8 cm³/mol. The van der Waals surface area contributed by atoms with Crippen molar-refractivity contribution in [2.24, 2.45) is 17.3 Å². The minimum atomic E-state index is 0.628. The highest BCUT2D eigenvalue weighted by atomic mass is 35.5. The molecule has 1 heterocycles. The van der Waals surface area contributed by atoms with E-state index in [0.717, 1.165) is 41.4 Å². The third kappa shape index (κ3) is 2.20. The van der Waals surface area contributed by atoms with E-state index in [2.05, 4.69) is 36.4 Å². The molecule has 3 heteroatoms. The van der Waals surface area contributed by atoms with E-state index in [1.54, 1.807) is 0 Å². The molecule has 0 bridgehead atoms. The molecule has 2 saturated carbocycles. The average molecular weight is 303 g/mol. The Kier molecular flexibility index (Phi) is 3.09. The van der Waals surface area contributed by atoms with Crippen LogP contribution in [0.15, 0.2) is 24.4 Å². The van der Waals surface area contributed by atoms with Gasteiger partial charge in [0.25, 0.3) is 0 Å². The van der Waals surface area contributed by atoms with Crippen molar-refractivity contribution in [3.05, 3.63) is 35.0 Å². The molecule has 112 valence electrons. The van der Waals surface area contributed by atoms with Crippen molar-refractivity contribution in [3.63, 3.8) is 0 Å². The fourth-order valence-corrected chi connectivity index (χ4v) is 4.78. The molecule has 4 rings (SSSR count). The fourth-order valence-electron chi connectivity index (χ4n) is 4.49. The molecule has 1 aromatic carbocycles. The molecule has 0 aliphatic heterocycles. The van der Waals surface area contributed by atoms with Gasteiger partial charge in [0, 0.05) is 23.1 Å². The molecule has 0 spiro atoms. The van der Waals surface area contributed by atoms with Gasteiger partial charge >= 0.3 is 0 Å². The average Bonchev–Trinajstić information content (AvgIpc) is 2.87. The predicted octanol–water partition coefficient (Wildman–Crippen LogP) is 4.39. The lowest BCUT2D eigenvalue weighted by atomic mass is 9.98. The Balaban J connectivity index is 1.35. The second-order valence-electron chi connectivity index (χ2n) is 7.38. The van der Waals surface area contributed by atoms with Crippen molar-refractivity contribution in [2.45, 2.75) is 39.2 Å². The number of rotatable bonds is 4. The van der Waals surface area contributed by atoms with E-state index < -0.39 is 0 Å². The van der Waals surface area contributed by atoms with Crippen LogP contribution in [0.2, 0.25) is 5.02 Å². The summed E-state index contributed by atoms with van der Waals surface area (Å²) in [5.74, 6) is 1.94. The monoisotopic (exact) mass is 302 g/mol. The Morgan fingerprint density at radius 3 is 2.81 bits per heavy atom. The first-order valence-corrected chi connectivity index (χ1v) is 8.43. The second kappa shape index (κ2) is 4.76. The molecule has 0 radical (unpaired) electrons. The highest BCUT2D eigenvalue weighted by molar-refractivity contribution is 6.35. The molecule has 21 heavy (non-hydrogen) atoms. The van der Waals surface area contributed by atoms with Crippen molar-refractivity contribution in [3.8, 4) is 0 Å². The summed E-state index contributed by atoms with van der Waals surface area (Å²) in [6.07, 6.45) is 5.88. The summed E-state index contributed by atoms with van der Waals surface area (Å²) in [7, 11) is 0. The molecule has 2 aromatic rings. The molecule has 2 N–H and O–H groups in total. The Bertz CT molecular complexity index is 659. The minimum Gasteiger partial charge on any atom is -0.361 e. The maximum absolute atomic E-state index is 6.33. The SMILES string of the molecule is CC1(C)[C@@H]2C[C@@H](NCCc3c[nH]c4cccc(Cl)c34)C[C@@H]21. The third-order valence-electron chi connectivity index (χ3n) is 5.93. The van der Waals surface area contributed by atoms with E-state index in [0.29, 0.717) is 5.41 Å². The second-order valence-corrected chi connectivity index (χ2v) is 7.79. The molecule has 3 atom stereocenters. The van der Waals surface area contributed by atoms with Crippen LogP contribution in [0.4, 0.5) is 0 Å². The van der Waals surface area contributed by atoms with Gasteiger partial charge in [-0.25, -0.2) is 0 Å². The first-order valence-electron chi connectivity index (χ1n) is 8.05. The maximum atomic E-state index is 6.33. The number of hydrogen-bond acceptors (Lipinski definition) is 1. The van der Waals surface area contributed by atoms with Crippen LogP contribution in [0.25, 0.3) is 10.9 Å². The first-order chi connectivity index (χ1) is 10.1. The molecule has 2 aliphatic rings. The van der Waals surface area contributed by atoms with Crippen LogP contribution in [0.1, 0.15) is 32.3 Å². The zero-order chi connectivity index (χ0) is 14.6. The number of H-pyrrole nitrogens is 1. The molecule has 2 aliphatic carbocycles. The Morgan fingerprint density at radius 2 is 2.05 bits per heavy atom.